The molecule has 8 heteroatoms. The van der Waals surface area contributed by atoms with Gasteiger partial charge in [0.25, 0.3) is 0 Å². The number of anilines is 2. The molecule has 6 nitrogen and oxygen atoms in total. The molecule has 156 valence electrons. The molecule has 0 spiro atoms. The zero-order chi connectivity index (χ0) is 21.1. The highest BCUT2D eigenvalue weighted by Gasteiger charge is 2.37. The number of fused-ring (bicyclic) bond motifs is 1. The minimum absolute atomic E-state index is 0.0148. The fraction of sp³-hybridized carbons (Fsp3) is 0.318. The highest BCUT2D eigenvalue weighted by molar-refractivity contribution is 8.01. The van der Waals surface area contributed by atoms with Gasteiger partial charge >= 0.3 is 0 Å². The van der Waals surface area contributed by atoms with Crippen molar-refractivity contribution >= 4 is 52.6 Å². The zero-order valence-electron chi connectivity index (χ0n) is 16.6. The summed E-state index contributed by atoms with van der Waals surface area (Å²) in [6.45, 7) is 0.960. The maximum Gasteiger partial charge on any atom is 0.247 e. The number of nitrogens with one attached hydrogen (secondary N) is 2. The third-order valence-electron chi connectivity index (χ3n) is 5.37. The lowest BCUT2D eigenvalue weighted by Crippen LogP contribution is -2.48. The van der Waals surface area contributed by atoms with Crippen molar-refractivity contribution in [3.05, 3.63) is 48.5 Å². The Bertz CT molecular complexity index is 974. The van der Waals surface area contributed by atoms with Crippen LogP contribution >= 0.6 is 23.5 Å². The van der Waals surface area contributed by atoms with Crippen LogP contribution in [0.4, 0.5) is 11.4 Å². The van der Waals surface area contributed by atoms with E-state index in [0.29, 0.717) is 25.9 Å². The second kappa shape index (κ2) is 9.14. The highest BCUT2D eigenvalue weighted by Crippen LogP contribution is 2.36. The number of piperidine rings is 1. The van der Waals surface area contributed by atoms with Crippen molar-refractivity contribution in [2.45, 2.75) is 27.9 Å². The molecule has 0 aliphatic carbocycles. The van der Waals surface area contributed by atoms with E-state index < -0.39 is 5.25 Å². The molecule has 3 amide bonds. The van der Waals surface area contributed by atoms with Crippen LogP contribution in [0.1, 0.15) is 12.8 Å². The lowest BCUT2D eigenvalue weighted by atomic mass is 9.95. The molecule has 0 bridgehead atoms. The van der Waals surface area contributed by atoms with Gasteiger partial charge < -0.3 is 15.5 Å². The second-order valence-corrected chi connectivity index (χ2v) is 9.33. The predicted molar refractivity (Wildman–Crippen MR) is 121 cm³/mol. The molecule has 2 aromatic carbocycles. The van der Waals surface area contributed by atoms with Crippen LogP contribution in [0.2, 0.25) is 0 Å². The number of thioether (sulfide) groups is 2. The summed E-state index contributed by atoms with van der Waals surface area (Å²) in [5, 5.41) is 5.03. The van der Waals surface area contributed by atoms with E-state index in [1.165, 1.54) is 11.8 Å². The van der Waals surface area contributed by atoms with Crippen molar-refractivity contribution in [3.8, 4) is 0 Å². The molecule has 0 unspecified atom stereocenters. The lowest BCUT2D eigenvalue weighted by molar-refractivity contribution is -0.136. The van der Waals surface area contributed by atoms with Gasteiger partial charge in [-0.1, -0.05) is 18.2 Å². The van der Waals surface area contributed by atoms with Crippen LogP contribution in [0.5, 0.6) is 0 Å². The van der Waals surface area contributed by atoms with Crippen LogP contribution in [0.25, 0.3) is 0 Å². The minimum atomic E-state index is -0.778. The van der Waals surface area contributed by atoms with Crippen molar-refractivity contribution < 1.29 is 14.4 Å². The average molecular weight is 442 g/mol. The van der Waals surface area contributed by atoms with Gasteiger partial charge in [-0.2, -0.15) is 0 Å². The number of rotatable bonds is 4. The first kappa shape index (κ1) is 20.8. The summed E-state index contributed by atoms with van der Waals surface area (Å²) in [5.74, 6) is -0.615. The average Bonchev–Trinajstić information content (AvgIpc) is 2.78. The third-order valence-corrected chi connectivity index (χ3v) is 7.35. The number of benzene rings is 2. The molecule has 0 saturated carbocycles. The number of carbonyl (C=O) groups is 3. The predicted octanol–water partition coefficient (Wildman–Crippen LogP) is 3.70. The Hall–Kier alpha value is -2.45. The molecule has 0 aromatic heterocycles. The lowest BCUT2D eigenvalue weighted by Gasteiger charge is -2.34. The summed E-state index contributed by atoms with van der Waals surface area (Å²) in [5.41, 5.74) is 1.54. The standard InChI is InChI=1S/C22H23N3O3S2/c1-29-16-6-4-5-15(13-16)23-20(26)14-9-11-25(12-10-14)22(28)19-21(27)24-17-7-2-3-8-18(17)30-19/h2-8,13-14,19H,9-12H2,1H3,(H,23,26)(H,24,27)/t19-/m0/s1. The summed E-state index contributed by atoms with van der Waals surface area (Å²) in [6, 6.07) is 15.3. The van der Waals surface area contributed by atoms with Crippen LogP contribution in [-0.4, -0.2) is 47.2 Å². The Balaban J connectivity index is 1.33. The van der Waals surface area contributed by atoms with Crippen LogP contribution in [0.15, 0.2) is 58.3 Å². The molecule has 0 radical (unpaired) electrons. The van der Waals surface area contributed by atoms with Gasteiger partial charge in [-0.05, 0) is 49.4 Å². The first-order valence-corrected chi connectivity index (χ1v) is 12.0. The molecule has 1 saturated heterocycles. The van der Waals surface area contributed by atoms with Crippen LogP contribution in [-0.2, 0) is 14.4 Å². The van der Waals surface area contributed by atoms with Gasteiger partial charge in [-0.15, -0.1) is 23.5 Å². The van der Waals surface area contributed by atoms with E-state index in [0.717, 1.165) is 21.2 Å². The molecule has 2 aromatic rings. The maximum atomic E-state index is 13.0. The Kier molecular flexibility index (Phi) is 6.34. The molecular formula is C22H23N3O3S2. The first-order valence-electron chi connectivity index (χ1n) is 9.85. The Morgan fingerprint density at radius 3 is 2.67 bits per heavy atom. The number of hydrogen-bond acceptors (Lipinski definition) is 5. The number of carbonyl (C=O) groups excluding carboxylic acids is 3. The summed E-state index contributed by atoms with van der Waals surface area (Å²) in [6.07, 6.45) is 3.18. The van der Waals surface area contributed by atoms with Crippen LogP contribution in [0.3, 0.4) is 0 Å². The van der Waals surface area contributed by atoms with Crippen molar-refractivity contribution in [3.63, 3.8) is 0 Å². The molecule has 1 atom stereocenters. The van der Waals surface area contributed by atoms with Crippen molar-refractivity contribution in [2.75, 3.05) is 30.0 Å². The van der Waals surface area contributed by atoms with Gasteiger partial charge in [0.15, 0.2) is 5.25 Å². The van der Waals surface area contributed by atoms with Crippen LogP contribution < -0.4 is 10.6 Å². The maximum absolute atomic E-state index is 13.0. The van der Waals surface area contributed by atoms with Gasteiger partial charge in [-0.25, -0.2) is 0 Å². The SMILES string of the molecule is CSc1cccc(NC(=O)C2CCN(C(=O)[C@H]3Sc4ccccc4NC3=O)CC2)c1. The molecule has 2 N–H and O–H groups in total. The van der Waals surface area contributed by atoms with Crippen molar-refractivity contribution in [2.24, 2.45) is 5.92 Å². The van der Waals surface area contributed by atoms with Crippen LogP contribution in [0, 0.1) is 5.92 Å². The van der Waals surface area contributed by atoms with Gasteiger partial charge in [0.2, 0.25) is 17.7 Å². The Morgan fingerprint density at radius 1 is 1.13 bits per heavy atom. The summed E-state index contributed by atoms with van der Waals surface area (Å²) in [4.78, 5) is 41.7. The van der Waals surface area contributed by atoms with E-state index in [1.807, 2.05) is 54.8 Å². The van der Waals surface area contributed by atoms with E-state index >= 15 is 0 Å². The number of nitrogens with zero attached hydrogens (tertiary/aromatic N) is 1. The first-order chi connectivity index (χ1) is 14.5. The van der Waals surface area contributed by atoms with E-state index in [9.17, 15) is 14.4 Å². The Labute approximate surface area is 184 Å². The largest absolute Gasteiger partial charge is 0.341 e. The van der Waals surface area contributed by atoms with Gasteiger partial charge in [-0.3, -0.25) is 14.4 Å². The minimum Gasteiger partial charge on any atom is -0.341 e. The highest BCUT2D eigenvalue weighted by atomic mass is 32.2. The summed E-state index contributed by atoms with van der Waals surface area (Å²) in [7, 11) is 0. The molecule has 30 heavy (non-hydrogen) atoms. The number of para-hydroxylation sites is 1. The normalized spacial score (nSPS) is 19.0. The van der Waals surface area contributed by atoms with E-state index in [2.05, 4.69) is 10.6 Å². The van der Waals surface area contributed by atoms with Crippen molar-refractivity contribution in [1.29, 1.82) is 0 Å². The fourth-order valence-corrected chi connectivity index (χ4v) is 5.22. The van der Waals surface area contributed by atoms with Gasteiger partial charge in [0, 0.05) is 34.5 Å². The molecular weight excluding hydrogens is 418 g/mol. The summed E-state index contributed by atoms with van der Waals surface area (Å²) >= 11 is 2.92. The van der Waals surface area contributed by atoms with E-state index in [1.54, 1.807) is 16.7 Å². The molecule has 2 heterocycles. The quantitative estimate of drug-likeness (QED) is 0.559. The topological polar surface area (TPSA) is 78.5 Å². The third kappa shape index (κ3) is 4.49. The monoisotopic (exact) mass is 441 g/mol. The number of amides is 3. The fourth-order valence-electron chi connectivity index (χ4n) is 3.69. The summed E-state index contributed by atoms with van der Waals surface area (Å²) < 4.78 is 0. The van der Waals surface area contributed by atoms with Gasteiger partial charge in [0.1, 0.15) is 0 Å². The zero-order valence-corrected chi connectivity index (χ0v) is 18.2. The van der Waals surface area contributed by atoms with Gasteiger partial charge in [0.05, 0.1) is 5.69 Å². The number of likely N-dealkylation sites (tertiary alicyclic amines) is 1. The number of hydrogen-bond donors (Lipinski definition) is 2. The molecule has 2 aliphatic heterocycles. The van der Waals surface area contributed by atoms with E-state index in [4.69, 9.17) is 0 Å². The molecule has 2 aliphatic rings. The second-order valence-electron chi connectivity index (χ2n) is 7.30. The molecule has 1 fully saturated rings. The van der Waals surface area contributed by atoms with Crippen molar-refractivity contribution in [1.82, 2.24) is 4.90 Å². The Morgan fingerprint density at radius 2 is 1.90 bits per heavy atom. The molecule has 4 rings (SSSR count). The van der Waals surface area contributed by atoms with E-state index in [-0.39, 0.29) is 23.6 Å². The smallest absolute Gasteiger partial charge is 0.247 e.